The van der Waals surface area contributed by atoms with E-state index in [2.05, 4.69) is 20.5 Å². The molecular weight excluding hydrogens is 364 g/mol. The topological polar surface area (TPSA) is 96.7 Å². The molecule has 1 aliphatic carbocycles. The second-order valence-corrected chi connectivity index (χ2v) is 7.06. The summed E-state index contributed by atoms with van der Waals surface area (Å²) in [6.07, 6.45) is 8.15. The number of allylic oxidation sites excluding steroid dienone is 2. The van der Waals surface area contributed by atoms with Crippen LogP contribution in [0.3, 0.4) is 0 Å². The van der Waals surface area contributed by atoms with Crippen LogP contribution in [0.4, 0.5) is 0 Å². The second kappa shape index (κ2) is 8.24. The van der Waals surface area contributed by atoms with Crippen LogP contribution in [0, 0.1) is 13.8 Å². The third-order valence-corrected chi connectivity index (χ3v) is 5.31. The summed E-state index contributed by atoms with van der Waals surface area (Å²) >= 11 is 1.31. The highest BCUT2D eigenvalue weighted by Gasteiger charge is 2.18. The van der Waals surface area contributed by atoms with Crippen molar-refractivity contribution in [3.63, 3.8) is 0 Å². The molecule has 1 unspecified atom stereocenters. The molecular formula is C19H20N4O3S. The van der Waals surface area contributed by atoms with Gasteiger partial charge in [-0.3, -0.25) is 9.78 Å². The summed E-state index contributed by atoms with van der Waals surface area (Å²) in [4.78, 5) is 21.5. The Labute approximate surface area is 161 Å². The summed E-state index contributed by atoms with van der Waals surface area (Å²) in [6.45, 7) is 3.77. The van der Waals surface area contributed by atoms with Gasteiger partial charge < -0.3 is 9.84 Å². The summed E-state index contributed by atoms with van der Waals surface area (Å²) in [5.41, 5.74) is 5.91. The molecule has 3 rings (SSSR count). The maximum absolute atomic E-state index is 12.4. The molecule has 2 aromatic rings. The standard InChI is InChI=1S/C19H20N4O3S/c1-11-6-7-20-10-14(11)19-22-12(2)17(27-19)18(25)23-21-9-13-4-5-16(26-3)15(24)8-13/h4-7,9-10,15,24H,8H2,1-3H3,(H,23,25)/b21-9+. The van der Waals surface area contributed by atoms with Crippen molar-refractivity contribution in [2.24, 2.45) is 5.10 Å². The van der Waals surface area contributed by atoms with E-state index in [9.17, 15) is 9.90 Å². The number of hydrogen-bond donors (Lipinski definition) is 2. The minimum absolute atomic E-state index is 0.320. The lowest BCUT2D eigenvalue weighted by Gasteiger charge is -2.17. The van der Waals surface area contributed by atoms with Gasteiger partial charge in [-0.2, -0.15) is 5.10 Å². The number of aryl methyl sites for hydroxylation is 2. The Kier molecular flexibility index (Phi) is 5.78. The number of amides is 1. The number of hydrazone groups is 1. The molecule has 2 aromatic heterocycles. The van der Waals surface area contributed by atoms with E-state index in [0.717, 1.165) is 21.7 Å². The van der Waals surface area contributed by atoms with Gasteiger partial charge in [0.15, 0.2) is 0 Å². The van der Waals surface area contributed by atoms with Crippen LogP contribution in [-0.2, 0) is 4.74 Å². The van der Waals surface area contributed by atoms with Crippen molar-refractivity contribution in [1.29, 1.82) is 0 Å². The van der Waals surface area contributed by atoms with Gasteiger partial charge in [0, 0.05) is 24.4 Å². The summed E-state index contributed by atoms with van der Waals surface area (Å²) in [7, 11) is 1.51. The van der Waals surface area contributed by atoms with E-state index in [0.29, 0.717) is 22.8 Å². The van der Waals surface area contributed by atoms with Crippen LogP contribution < -0.4 is 5.43 Å². The van der Waals surface area contributed by atoms with E-state index < -0.39 is 6.10 Å². The lowest BCUT2D eigenvalue weighted by molar-refractivity contribution is 0.0958. The zero-order valence-electron chi connectivity index (χ0n) is 15.3. The molecule has 1 amide bonds. The Bertz CT molecular complexity index is 946. The Hall–Kier alpha value is -2.84. The number of aromatic nitrogens is 2. The third-order valence-electron chi connectivity index (χ3n) is 4.12. The molecule has 0 aromatic carbocycles. The number of ether oxygens (including phenoxy) is 1. The van der Waals surface area contributed by atoms with Crippen LogP contribution in [0.15, 0.2) is 47.0 Å². The lowest BCUT2D eigenvalue weighted by Crippen LogP contribution is -2.19. The van der Waals surface area contributed by atoms with Crippen molar-refractivity contribution in [3.8, 4) is 10.6 Å². The summed E-state index contributed by atoms with van der Waals surface area (Å²) in [5, 5.41) is 14.6. The molecule has 0 aliphatic heterocycles. The van der Waals surface area contributed by atoms with Crippen molar-refractivity contribution < 1.29 is 14.6 Å². The molecule has 0 bridgehead atoms. The van der Waals surface area contributed by atoms with Crippen LogP contribution in [0.25, 0.3) is 10.6 Å². The van der Waals surface area contributed by atoms with Crippen LogP contribution in [0.1, 0.15) is 27.3 Å². The molecule has 7 nitrogen and oxygen atoms in total. The number of methoxy groups -OCH3 is 1. The number of pyridine rings is 1. The number of rotatable bonds is 5. The number of thiazole rings is 1. The monoisotopic (exact) mass is 384 g/mol. The van der Waals surface area contributed by atoms with Gasteiger partial charge >= 0.3 is 0 Å². The Morgan fingerprint density at radius 3 is 2.96 bits per heavy atom. The van der Waals surface area contributed by atoms with Crippen molar-refractivity contribution in [2.45, 2.75) is 26.4 Å². The normalized spacial score (nSPS) is 16.8. The first-order chi connectivity index (χ1) is 13.0. The number of carbonyl (C=O) groups is 1. The van der Waals surface area contributed by atoms with Crippen LogP contribution in [-0.4, -0.2) is 40.4 Å². The van der Waals surface area contributed by atoms with Gasteiger partial charge in [0.05, 0.1) is 19.0 Å². The van der Waals surface area contributed by atoms with E-state index in [1.54, 1.807) is 31.5 Å². The van der Waals surface area contributed by atoms with Crippen LogP contribution >= 0.6 is 11.3 Å². The smallest absolute Gasteiger partial charge is 0.283 e. The van der Waals surface area contributed by atoms with Gasteiger partial charge in [-0.1, -0.05) is 6.08 Å². The van der Waals surface area contributed by atoms with Crippen molar-refractivity contribution in [1.82, 2.24) is 15.4 Å². The lowest BCUT2D eigenvalue weighted by atomic mass is 10.0. The van der Waals surface area contributed by atoms with Gasteiger partial charge in [-0.25, -0.2) is 10.4 Å². The highest BCUT2D eigenvalue weighted by Crippen LogP contribution is 2.29. The van der Waals surface area contributed by atoms with Crippen molar-refractivity contribution in [2.75, 3.05) is 7.11 Å². The summed E-state index contributed by atoms with van der Waals surface area (Å²) in [6, 6.07) is 1.91. The highest BCUT2D eigenvalue weighted by molar-refractivity contribution is 7.17. The average Bonchev–Trinajstić information content (AvgIpc) is 3.04. The zero-order chi connectivity index (χ0) is 19.4. The van der Waals surface area contributed by atoms with Gasteiger partial charge in [-0.15, -0.1) is 11.3 Å². The van der Waals surface area contributed by atoms with E-state index in [4.69, 9.17) is 4.74 Å². The van der Waals surface area contributed by atoms with E-state index >= 15 is 0 Å². The molecule has 0 radical (unpaired) electrons. The highest BCUT2D eigenvalue weighted by atomic mass is 32.1. The molecule has 0 saturated heterocycles. The predicted octanol–water partition coefficient (Wildman–Crippen LogP) is 2.76. The molecule has 0 fully saturated rings. The summed E-state index contributed by atoms with van der Waals surface area (Å²) in [5.74, 6) is 0.189. The molecule has 1 aliphatic rings. The molecule has 2 heterocycles. The summed E-state index contributed by atoms with van der Waals surface area (Å²) < 4.78 is 5.05. The third kappa shape index (κ3) is 4.29. The average molecular weight is 384 g/mol. The fourth-order valence-electron chi connectivity index (χ4n) is 2.63. The van der Waals surface area contributed by atoms with Gasteiger partial charge in [0.2, 0.25) is 0 Å². The first kappa shape index (κ1) is 18.9. The number of nitrogens with one attached hydrogen (secondary N) is 1. The Morgan fingerprint density at radius 1 is 1.44 bits per heavy atom. The zero-order valence-corrected chi connectivity index (χ0v) is 16.1. The molecule has 27 heavy (non-hydrogen) atoms. The second-order valence-electron chi connectivity index (χ2n) is 6.06. The maximum Gasteiger partial charge on any atom is 0.283 e. The first-order valence-corrected chi connectivity index (χ1v) is 9.16. The largest absolute Gasteiger partial charge is 0.498 e. The fourth-order valence-corrected chi connectivity index (χ4v) is 3.66. The number of nitrogens with zero attached hydrogens (tertiary/aromatic N) is 3. The Balaban J connectivity index is 1.70. The first-order valence-electron chi connectivity index (χ1n) is 8.34. The molecule has 140 valence electrons. The quantitative estimate of drug-likeness (QED) is 0.610. The minimum atomic E-state index is -0.703. The minimum Gasteiger partial charge on any atom is -0.498 e. The van der Waals surface area contributed by atoms with Crippen LogP contribution in [0.5, 0.6) is 0 Å². The maximum atomic E-state index is 12.4. The van der Waals surface area contributed by atoms with E-state index in [1.807, 2.05) is 13.0 Å². The number of carbonyl (C=O) groups excluding carboxylic acids is 1. The van der Waals surface area contributed by atoms with Crippen LogP contribution in [0.2, 0.25) is 0 Å². The number of hydrogen-bond acceptors (Lipinski definition) is 7. The fraction of sp³-hybridized carbons (Fsp3) is 0.263. The van der Waals surface area contributed by atoms with E-state index in [-0.39, 0.29) is 5.91 Å². The Morgan fingerprint density at radius 2 is 2.26 bits per heavy atom. The van der Waals surface area contributed by atoms with Gasteiger partial charge in [-0.05, 0) is 37.1 Å². The van der Waals surface area contributed by atoms with Gasteiger partial charge in [0.1, 0.15) is 21.7 Å². The number of aliphatic hydroxyl groups excluding tert-OH is 1. The molecule has 2 N–H and O–H groups in total. The number of aliphatic hydroxyl groups is 1. The molecule has 1 atom stereocenters. The van der Waals surface area contributed by atoms with Crippen molar-refractivity contribution in [3.05, 3.63) is 58.1 Å². The van der Waals surface area contributed by atoms with Gasteiger partial charge in [0.25, 0.3) is 5.91 Å². The molecule has 0 saturated carbocycles. The van der Waals surface area contributed by atoms with Crippen molar-refractivity contribution >= 4 is 23.5 Å². The van der Waals surface area contributed by atoms with E-state index in [1.165, 1.54) is 24.7 Å². The predicted molar refractivity (Wildman–Crippen MR) is 105 cm³/mol. The molecule has 0 spiro atoms. The molecule has 8 heteroatoms. The SMILES string of the molecule is COC1=CC=C(/C=N/NC(=O)c2sc(-c3cnccc3C)nc2C)CC1O.